The predicted molar refractivity (Wildman–Crippen MR) is 116 cm³/mol. The van der Waals surface area contributed by atoms with Crippen molar-refractivity contribution in [2.45, 2.75) is 19.3 Å². The largest absolute Gasteiger partial charge is 0.486 e. The fourth-order valence-electron chi connectivity index (χ4n) is 3.87. The normalized spacial score (nSPS) is 16.8. The van der Waals surface area contributed by atoms with Gasteiger partial charge in [0.05, 0.1) is 0 Å². The van der Waals surface area contributed by atoms with Crippen molar-refractivity contribution in [3.63, 3.8) is 0 Å². The van der Waals surface area contributed by atoms with E-state index in [1.807, 2.05) is 12.1 Å². The van der Waals surface area contributed by atoms with Crippen LogP contribution in [0.25, 0.3) is 0 Å². The van der Waals surface area contributed by atoms with Gasteiger partial charge in [-0.05, 0) is 68.4 Å². The number of rotatable bonds is 6. The number of likely N-dealkylation sites (tertiary alicyclic amines) is 1. The highest BCUT2D eigenvalue weighted by Crippen LogP contribution is 2.32. The number of halogens is 1. The third-order valence-electron chi connectivity index (χ3n) is 5.57. The molecule has 2 aliphatic rings. The second kappa shape index (κ2) is 9.49. The van der Waals surface area contributed by atoms with E-state index < -0.39 is 0 Å². The van der Waals surface area contributed by atoms with Crippen molar-refractivity contribution in [3.05, 3.63) is 53.1 Å². The van der Waals surface area contributed by atoms with Gasteiger partial charge in [-0.2, -0.15) is 0 Å². The Morgan fingerprint density at radius 1 is 1.00 bits per heavy atom. The second-order valence-electron chi connectivity index (χ2n) is 7.64. The lowest BCUT2D eigenvalue weighted by Crippen LogP contribution is -2.38. The molecule has 30 heavy (non-hydrogen) atoms. The van der Waals surface area contributed by atoms with Crippen LogP contribution in [0.4, 0.5) is 5.69 Å². The Labute approximate surface area is 181 Å². The van der Waals surface area contributed by atoms with Crippen molar-refractivity contribution in [2.24, 2.45) is 5.92 Å². The fraction of sp³-hybridized carbons (Fsp3) is 0.391. The lowest BCUT2D eigenvalue weighted by atomic mass is 9.88. The maximum absolute atomic E-state index is 12.9. The summed E-state index contributed by atoms with van der Waals surface area (Å²) in [7, 11) is 0. The van der Waals surface area contributed by atoms with Crippen molar-refractivity contribution in [2.75, 3.05) is 38.2 Å². The maximum Gasteiger partial charge on any atom is 0.225 e. The molecule has 1 saturated heterocycles. The molecular formula is C23H25ClN2O4. The molecule has 2 aromatic carbocycles. The quantitative estimate of drug-likeness (QED) is 0.703. The summed E-state index contributed by atoms with van der Waals surface area (Å²) in [6, 6.07) is 12.5. The molecule has 4 rings (SSSR count). The minimum absolute atomic E-state index is 0.00621. The number of ether oxygens (including phenoxy) is 2. The molecule has 0 aliphatic carbocycles. The number of Topliss-reactive ketones (excluding diaryl/α,β-unsaturated/α-hetero) is 1. The van der Waals surface area contributed by atoms with Crippen LogP contribution in [-0.4, -0.2) is 49.4 Å². The highest BCUT2D eigenvalue weighted by atomic mass is 35.5. The number of piperidine rings is 1. The number of benzene rings is 2. The Morgan fingerprint density at radius 3 is 2.43 bits per heavy atom. The van der Waals surface area contributed by atoms with E-state index in [1.165, 1.54) is 0 Å². The number of amides is 1. The first-order valence-corrected chi connectivity index (χ1v) is 10.7. The zero-order valence-electron chi connectivity index (χ0n) is 16.7. The molecule has 2 heterocycles. The topological polar surface area (TPSA) is 67.9 Å². The molecule has 2 aromatic rings. The van der Waals surface area contributed by atoms with Crippen LogP contribution in [0, 0.1) is 5.92 Å². The Kier molecular flexibility index (Phi) is 6.55. The van der Waals surface area contributed by atoms with Crippen molar-refractivity contribution in [3.8, 4) is 11.5 Å². The van der Waals surface area contributed by atoms with Gasteiger partial charge in [-0.3, -0.25) is 9.59 Å². The zero-order chi connectivity index (χ0) is 20.9. The smallest absolute Gasteiger partial charge is 0.225 e. The van der Waals surface area contributed by atoms with Gasteiger partial charge < -0.3 is 19.7 Å². The summed E-state index contributed by atoms with van der Waals surface area (Å²) in [5.41, 5.74) is 1.42. The average molecular weight is 429 g/mol. The third kappa shape index (κ3) is 5.12. The molecule has 2 aliphatic heterocycles. The average Bonchev–Trinajstić information content (AvgIpc) is 2.79. The number of carbonyl (C=O) groups is 2. The van der Waals surface area contributed by atoms with Crippen molar-refractivity contribution < 1.29 is 19.1 Å². The van der Waals surface area contributed by atoms with Crippen LogP contribution in [-0.2, 0) is 4.79 Å². The Bertz CT molecular complexity index is 908. The molecule has 158 valence electrons. The molecule has 6 nitrogen and oxygen atoms in total. The second-order valence-corrected chi connectivity index (χ2v) is 8.08. The number of anilines is 1. The summed E-state index contributed by atoms with van der Waals surface area (Å²) in [5.74, 6) is 1.49. The molecule has 0 spiro atoms. The molecule has 0 aromatic heterocycles. The highest BCUT2D eigenvalue weighted by Gasteiger charge is 2.27. The number of nitrogens with zero attached hydrogens (tertiary/aromatic N) is 1. The first kappa shape index (κ1) is 20.7. The minimum atomic E-state index is -0.0215. The van der Waals surface area contributed by atoms with Crippen LogP contribution in [0.2, 0.25) is 5.02 Å². The lowest BCUT2D eigenvalue weighted by Gasteiger charge is -2.31. The van der Waals surface area contributed by atoms with Crippen LogP contribution in [0.1, 0.15) is 29.6 Å². The van der Waals surface area contributed by atoms with Gasteiger partial charge in [0.25, 0.3) is 0 Å². The Morgan fingerprint density at radius 2 is 1.70 bits per heavy atom. The number of fused-ring (bicyclic) bond motifs is 1. The molecule has 1 N–H and O–H groups in total. The molecule has 0 unspecified atom stereocenters. The van der Waals surface area contributed by atoms with E-state index >= 15 is 0 Å². The van der Waals surface area contributed by atoms with Gasteiger partial charge in [0.1, 0.15) is 13.2 Å². The predicted octanol–water partition coefficient (Wildman–Crippen LogP) is 4.03. The van der Waals surface area contributed by atoms with Crippen LogP contribution >= 0.6 is 11.6 Å². The number of ketones is 1. The highest BCUT2D eigenvalue weighted by molar-refractivity contribution is 6.30. The summed E-state index contributed by atoms with van der Waals surface area (Å²) in [6.07, 6.45) is 2.02. The van der Waals surface area contributed by atoms with Gasteiger partial charge in [-0.15, -0.1) is 0 Å². The van der Waals surface area contributed by atoms with Gasteiger partial charge in [0, 0.05) is 35.2 Å². The van der Waals surface area contributed by atoms with Crippen LogP contribution in [0.5, 0.6) is 11.5 Å². The Hall–Kier alpha value is -2.57. The molecular weight excluding hydrogens is 404 g/mol. The van der Waals surface area contributed by atoms with E-state index in [2.05, 4.69) is 10.2 Å². The lowest BCUT2D eigenvalue weighted by molar-refractivity contribution is -0.116. The summed E-state index contributed by atoms with van der Waals surface area (Å²) in [6.45, 7) is 3.36. The summed E-state index contributed by atoms with van der Waals surface area (Å²) < 4.78 is 11.1. The monoisotopic (exact) mass is 428 g/mol. The first-order chi connectivity index (χ1) is 14.6. The standard InChI is InChI=1S/C23H25ClN2O4/c24-18-2-4-19(5-3-18)25-22(27)9-12-26-10-7-16(8-11-26)23(28)17-1-6-20-21(15-17)30-14-13-29-20/h1-6,15-16H,7-14H2,(H,25,27). The zero-order valence-corrected chi connectivity index (χ0v) is 17.5. The Balaban J connectivity index is 1.23. The van der Waals surface area contributed by atoms with E-state index in [-0.39, 0.29) is 17.6 Å². The summed E-state index contributed by atoms with van der Waals surface area (Å²) in [4.78, 5) is 27.3. The van der Waals surface area contributed by atoms with Crippen LogP contribution in [0.15, 0.2) is 42.5 Å². The van der Waals surface area contributed by atoms with E-state index in [0.717, 1.165) is 31.6 Å². The van der Waals surface area contributed by atoms with E-state index in [0.29, 0.717) is 48.3 Å². The molecule has 0 radical (unpaired) electrons. The van der Waals surface area contributed by atoms with Gasteiger partial charge in [-0.25, -0.2) is 0 Å². The van der Waals surface area contributed by atoms with Gasteiger partial charge in [0.15, 0.2) is 17.3 Å². The molecule has 7 heteroatoms. The number of carbonyl (C=O) groups excluding carboxylic acids is 2. The fourth-order valence-corrected chi connectivity index (χ4v) is 3.99. The van der Waals surface area contributed by atoms with Crippen molar-refractivity contribution in [1.29, 1.82) is 0 Å². The van der Waals surface area contributed by atoms with Gasteiger partial charge >= 0.3 is 0 Å². The van der Waals surface area contributed by atoms with Crippen LogP contribution in [0.3, 0.4) is 0 Å². The summed E-state index contributed by atoms with van der Waals surface area (Å²) in [5, 5.41) is 3.52. The number of hydrogen-bond acceptors (Lipinski definition) is 5. The van der Waals surface area contributed by atoms with E-state index in [9.17, 15) is 9.59 Å². The molecule has 0 saturated carbocycles. The third-order valence-corrected chi connectivity index (χ3v) is 5.82. The van der Waals surface area contributed by atoms with Gasteiger partial charge in [0.2, 0.25) is 5.91 Å². The summed E-state index contributed by atoms with van der Waals surface area (Å²) >= 11 is 5.86. The number of nitrogens with one attached hydrogen (secondary N) is 1. The number of hydrogen-bond donors (Lipinski definition) is 1. The molecule has 1 amide bonds. The van der Waals surface area contributed by atoms with E-state index in [1.54, 1.807) is 30.3 Å². The van der Waals surface area contributed by atoms with E-state index in [4.69, 9.17) is 21.1 Å². The minimum Gasteiger partial charge on any atom is -0.486 e. The first-order valence-electron chi connectivity index (χ1n) is 10.3. The molecule has 0 bridgehead atoms. The van der Waals surface area contributed by atoms with Gasteiger partial charge in [-0.1, -0.05) is 11.6 Å². The molecule has 0 atom stereocenters. The van der Waals surface area contributed by atoms with Crippen molar-refractivity contribution >= 4 is 29.0 Å². The van der Waals surface area contributed by atoms with Crippen LogP contribution < -0.4 is 14.8 Å². The molecule has 1 fully saturated rings. The SMILES string of the molecule is O=C(CCN1CCC(C(=O)c2ccc3c(c2)OCCO3)CC1)Nc1ccc(Cl)cc1. The van der Waals surface area contributed by atoms with Crippen molar-refractivity contribution in [1.82, 2.24) is 4.90 Å². The maximum atomic E-state index is 12.9.